The van der Waals surface area contributed by atoms with E-state index in [0.717, 1.165) is 11.1 Å². The summed E-state index contributed by atoms with van der Waals surface area (Å²) in [7, 11) is 0. The smallest absolute Gasteiger partial charge is 0.191 e. The predicted molar refractivity (Wildman–Crippen MR) is 113 cm³/mol. The molecule has 0 aliphatic carbocycles. The first kappa shape index (κ1) is 20.5. The van der Waals surface area contributed by atoms with E-state index in [1.807, 2.05) is 43.3 Å². The summed E-state index contributed by atoms with van der Waals surface area (Å²) in [6.45, 7) is 3.61. The zero-order valence-corrected chi connectivity index (χ0v) is 16.4. The summed E-state index contributed by atoms with van der Waals surface area (Å²) in [4.78, 5) is 8.49. The number of hydrogen-bond donors (Lipinski definition) is 3. The second kappa shape index (κ2) is 10.4. The van der Waals surface area contributed by atoms with Gasteiger partial charge in [0.15, 0.2) is 5.96 Å². The molecule has 0 saturated heterocycles. The fourth-order valence-corrected chi connectivity index (χ4v) is 3.00. The van der Waals surface area contributed by atoms with Gasteiger partial charge in [-0.2, -0.15) is 0 Å². The molecule has 0 bridgehead atoms. The summed E-state index contributed by atoms with van der Waals surface area (Å²) in [5.74, 6) is 0.269. The van der Waals surface area contributed by atoms with Crippen LogP contribution in [0.5, 0.6) is 0 Å². The highest BCUT2D eigenvalue weighted by Crippen LogP contribution is 2.16. The van der Waals surface area contributed by atoms with Gasteiger partial charge < -0.3 is 20.3 Å². The largest absolute Gasteiger partial charge is 0.396 e. The number of benzene rings is 2. The number of halogens is 1. The number of nitrogens with one attached hydrogen (secondary N) is 2. The maximum atomic E-state index is 14.4. The van der Waals surface area contributed by atoms with Gasteiger partial charge in [-0.25, -0.2) is 14.4 Å². The minimum Gasteiger partial charge on any atom is -0.396 e. The molecule has 0 fully saturated rings. The van der Waals surface area contributed by atoms with E-state index in [1.54, 1.807) is 29.4 Å². The fraction of sp³-hybridized carbons (Fsp3) is 0.273. The van der Waals surface area contributed by atoms with Crippen molar-refractivity contribution >= 4 is 5.96 Å². The minimum absolute atomic E-state index is 0.0352. The van der Waals surface area contributed by atoms with Crippen LogP contribution in [0.2, 0.25) is 0 Å². The number of aromatic nitrogens is 2. The van der Waals surface area contributed by atoms with Gasteiger partial charge in [-0.05, 0) is 30.2 Å². The van der Waals surface area contributed by atoms with Gasteiger partial charge in [0.25, 0.3) is 0 Å². The molecular weight excluding hydrogens is 369 g/mol. The third-order valence-electron chi connectivity index (χ3n) is 4.57. The normalized spacial score (nSPS) is 12.6. The molecule has 1 heterocycles. The number of hydrogen-bond acceptors (Lipinski definition) is 3. The van der Waals surface area contributed by atoms with Crippen LogP contribution in [-0.2, 0) is 6.54 Å². The quantitative estimate of drug-likeness (QED) is 0.405. The fourth-order valence-electron chi connectivity index (χ4n) is 3.00. The van der Waals surface area contributed by atoms with Crippen molar-refractivity contribution in [2.24, 2.45) is 4.99 Å². The topological polar surface area (TPSA) is 74.5 Å². The van der Waals surface area contributed by atoms with Gasteiger partial charge in [0.2, 0.25) is 0 Å². The zero-order chi connectivity index (χ0) is 20.5. The van der Waals surface area contributed by atoms with Crippen molar-refractivity contribution in [2.75, 3.05) is 19.7 Å². The molecule has 152 valence electrons. The minimum atomic E-state index is -0.321. The van der Waals surface area contributed by atoms with Crippen molar-refractivity contribution < 1.29 is 9.50 Å². The Balaban J connectivity index is 1.65. The predicted octanol–water partition coefficient (Wildman–Crippen LogP) is 2.84. The average Bonchev–Trinajstić information content (AvgIpc) is 3.27. The van der Waals surface area contributed by atoms with Crippen molar-refractivity contribution in [2.45, 2.75) is 19.4 Å². The third-order valence-corrected chi connectivity index (χ3v) is 4.57. The molecule has 0 amide bonds. The van der Waals surface area contributed by atoms with Crippen LogP contribution < -0.4 is 10.6 Å². The number of rotatable bonds is 8. The molecule has 1 aromatic heterocycles. The lowest BCUT2D eigenvalue weighted by Gasteiger charge is -2.18. The summed E-state index contributed by atoms with van der Waals surface area (Å²) in [5, 5.41) is 16.2. The number of aliphatic hydroxyl groups is 1. The first-order valence-corrected chi connectivity index (χ1v) is 9.66. The Morgan fingerprint density at radius 2 is 2.03 bits per heavy atom. The molecule has 0 aliphatic heterocycles. The molecular formula is C22H26FN5O. The Hall–Kier alpha value is -3.19. The van der Waals surface area contributed by atoms with E-state index in [0.29, 0.717) is 31.3 Å². The van der Waals surface area contributed by atoms with Gasteiger partial charge in [-0.15, -0.1) is 0 Å². The van der Waals surface area contributed by atoms with Gasteiger partial charge in [-0.1, -0.05) is 36.4 Å². The Bertz CT molecular complexity index is 912. The monoisotopic (exact) mass is 395 g/mol. The van der Waals surface area contributed by atoms with Crippen LogP contribution in [0.15, 0.2) is 72.2 Å². The Morgan fingerprint density at radius 3 is 2.69 bits per heavy atom. The lowest BCUT2D eigenvalue weighted by molar-refractivity contribution is 0.265. The first-order chi connectivity index (χ1) is 14.2. The lowest BCUT2D eigenvalue weighted by Crippen LogP contribution is -2.39. The summed E-state index contributed by atoms with van der Waals surface area (Å²) in [6, 6.07) is 14.9. The molecule has 1 atom stereocenters. The standard InChI is InChI=1S/C22H26FN5O/c1-2-25-22(27-14-19(15-29)18-6-4-3-5-7-18)26-13-17-8-9-21(20(23)12-17)28-11-10-24-16-28/h3-12,16,19,29H,2,13-15H2,1H3,(H2,25,26,27). The summed E-state index contributed by atoms with van der Waals surface area (Å²) in [6.07, 6.45) is 4.88. The Morgan fingerprint density at radius 1 is 1.21 bits per heavy atom. The van der Waals surface area contributed by atoms with Crippen molar-refractivity contribution in [1.82, 2.24) is 20.2 Å². The molecule has 7 heteroatoms. The van der Waals surface area contributed by atoms with E-state index in [4.69, 9.17) is 0 Å². The maximum Gasteiger partial charge on any atom is 0.191 e. The summed E-state index contributed by atoms with van der Waals surface area (Å²) < 4.78 is 16.0. The van der Waals surface area contributed by atoms with E-state index < -0.39 is 0 Å². The van der Waals surface area contributed by atoms with Crippen molar-refractivity contribution in [3.8, 4) is 5.69 Å². The molecule has 2 aromatic carbocycles. The van der Waals surface area contributed by atoms with Gasteiger partial charge in [0, 0.05) is 31.4 Å². The van der Waals surface area contributed by atoms with Crippen LogP contribution in [0, 0.1) is 5.82 Å². The molecule has 1 unspecified atom stereocenters. The van der Waals surface area contributed by atoms with Crippen molar-refractivity contribution in [3.63, 3.8) is 0 Å². The second-order valence-electron chi connectivity index (χ2n) is 6.62. The number of nitrogens with zero attached hydrogens (tertiary/aromatic N) is 3. The van der Waals surface area contributed by atoms with E-state index in [1.165, 1.54) is 6.07 Å². The number of aliphatic hydroxyl groups excluding tert-OH is 1. The van der Waals surface area contributed by atoms with Gasteiger partial charge >= 0.3 is 0 Å². The number of imidazole rings is 1. The van der Waals surface area contributed by atoms with Crippen molar-refractivity contribution in [3.05, 3.63) is 84.2 Å². The highest BCUT2D eigenvalue weighted by Gasteiger charge is 2.11. The number of guanidine groups is 1. The summed E-state index contributed by atoms with van der Waals surface area (Å²) in [5.41, 5.74) is 2.29. The summed E-state index contributed by atoms with van der Waals surface area (Å²) >= 11 is 0. The van der Waals surface area contributed by atoms with E-state index in [-0.39, 0.29) is 18.3 Å². The third kappa shape index (κ3) is 5.65. The molecule has 0 aliphatic rings. The molecule has 0 spiro atoms. The molecule has 6 nitrogen and oxygen atoms in total. The second-order valence-corrected chi connectivity index (χ2v) is 6.62. The van der Waals surface area contributed by atoms with Gasteiger partial charge in [0.05, 0.1) is 25.2 Å². The molecule has 0 radical (unpaired) electrons. The van der Waals surface area contributed by atoms with Crippen LogP contribution in [-0.4, -0.2) is 40.3 Å². The molecule has 3 N–H and O–H groups in total. The van der Waals surface area contributed by atoms with Crippen LogP contribution in [0.25, 0.3) is 5.69 Å². The average molecular weight is 395 g/mol. The van der Waals surface area contributed by atoms with Crippen LogP contribution in [0.4, 0.5) is 4.39 Å². The zero-order valence-electron chi connectivity index (χ0n) is 16.4. The molecule has 3 rings (SSSR count). The SMILES string of the molecule is CCNC(=NCc1ccc(-n2ccnc2)c(F)c1)NCC(CO)c1ccccc1. The van der Waals surface area contributed by atoms with Gasteiger partial charge in [0.1, 0.15) is 5.82 Å². The highest BCUT2D eigenvalue weighted by molar-refractivity contribution is 5.79. The van der Waals surface area contributed by atoms with E-state index in [9.17, 15) is 9.50 Å². The van der Waals surface area contributed by atoms with E-state index >= 15 is 0 Å². The Labute approximate surface area is 170 Å². The lowest BCUT2D eigenvalue weighted by atomic mass is 10.0. The molecule has 3 aromatic rings. The number of aliphatic imine (C=N–C) groups is 1. The maximum absolute atomic E-state index is 14.4. The molecule has 0 saturated carbocycles. The van der Waals surface area contributed by atoms with Crippen LogP contribution in [0.3, 0.4) is 0 Å². The Kier molecular flexibility index (Phi) is 7.35. The van der Waals surface area contributed by atoms with Gasteiger partial charge in [-0.3, -0.25) is 0 Å². The highest BCUT2D eigenvalue weighted by atomic mass is 19.1. The van der Waals surface area contributed by atoms with Crippen LogP contribution >= 0.6 is 0 Å². The molecule has 29 heavy (non-hydrogen) atoms. The van der Waals surface area contributed by atoms with Crippen LogP contribution in [0.1, 0.15) is 24.0 Å². The first-order valence-electron chi connectivity index (χ1n) is 9.66. The van der Waals surface area contributed by atoms with E-state index in [2.05, 4.69) is 20.6 Å². The van der Waals surface area contributed by atoms with Crippen molar-refractivity contribution in [1.29, 1.82) is 0 Å².